The molecule has 29 heavy (non-hydrogen) atoms. The second kappa shape index (κ2) is 8.61. The van der Waals surface area contributed by atoms with Crippen molar-refractivity contribution in [2.75, 3.05) is 5.32 Å². The summed E-state index contributed by atoms with van der Waals surface area (Å²) in [6.45, 7) is 0. The van der Waals surface area contributed by atoms with Crippen LogP contribution in [0.2, 0.25) is 5.02 Å². The van der Waals surface area contributed by atoms with E-state index in [-0.39, 0.29) is 28.1 Å². The number of nitrogens with one attached hydrogen (secondary N) is 3. The fraction of sp³-hybridized carbons (Fsp3) is 0. The Morgan fingerprint density at radius 1 is 1.00 bits per heavy atom. The van der Waals surface area contributed by atoms with E-state index >= 15 is 0 Å². The molecule has 6 nitrogen and oxygen atoms in total. The average Bonchev–Trinajstić information content (AvgIpc) is 2.63. The molecule has 10 heteroatoms. The number of halogens is 4. The topological polar surface area (TPSA) is 86.3 Å². The Hall–Kier alpha value is -3.59. The summed E-state index contributed by atoms with van der Waals surface area (Å²) < 4.78 is 40.1. The van der Waals surface area contributed by atoms with Crippen LogP contribution >= 0.6 is 11.6 Å². The maximum atomic E-state index is 13.6. The zero-order valence-electron chi connectivity index (χ0n) is 14.5. The lowest BCUT2D eigenvalue weighted by atomic mass is 10.2. The highest BCUT2D eigenvalue weighted by Gasteiger charge is 2.13. The van der Waals surface area contributed by atoms with E-state index in [9.17, 15) is 22.8 Å². The second-order valence-corrected chi connectivity index (χ2v) is 6.16. The summed E-state index contributed by atoms with van der Waals surface area (Å²) in [5.74, 6) is -3.91. The normalized spacial score (nSPS) is 11.2. The van der Waals surface area contributed by atoms with E-state index in [0.29, 0.717) is 6.07 Å². The molecule has 3 rings (SSSR count). The van der Waals surface area contributed by atoms with E-state index in [1.807, 2.05) is 0 Å². The van der Waals surface area contributed by atoms with Crippen LogP contribution in [0.4, 0.5) is 24.7 Å². The molecule has 0 fully saturated rings. The largest absolute Gasteiger partial charge is 0.325 e. The van der Waals surface area contributed by atoms with Gasteiger partial charge in [-0.1, -0.05) is 17.7 Å². The maximum absolute atomic E-state index is 13.6. The van der Waals surface area contributed by atoms with Crippen molar-refractivity contribution in [2.24, 2.45) is 4.99 Å². The van der Waals surface area contributed by atoms with Crippen molar-refractivity contribution in [2.45, 2.75) is 0 Å². The third-order valence-electron chi connectivity index (χ3n) is 3.52. The average molecular weight is 421 g/mol. The number of H-pyrrole nitrogens is 1. The SMILES string of the molecule is O=C(NC(=Nc1cccc(=O)[nH]1)Nc1cc(F)cc(Cl)c1)c1ccc(F)c(F)c1. The van der Waals surface area contributed by atoms with Crippen LogP contribution < -0.4 is 16.2 Å². The number of benzene rings is 2. The van der Waals surface area contributed by atoms with E-state index < -0.39 is 28.9 Å². The molecule has 0 saturated carbocycles. The Morgan fingerprint density at radius 2 is 1.79 bits per heavy atom. The summed E-state index contributed by atoms with van der Waals surface area (Å²) in [5.41, 5.74) is -0.471. The van der Waals surface area contributed by atoms with E-state index in [0.717, 1.165) is 24.3 Å². The van der Waals surface area contributed by atoms with Gasteiger partial charge in [-0.05, 0) is 42.5 Å². The van der Waals surface area contributed by atoms with E-state index in [1.165, 1.54) is 24.3 Å². The van der Waals surface area contributed by atoms with Gasteiger partial charge in [0.05, 0.1) is 0 Å². The fourth-order valence-corrected chi connectivity index (χ4v) is 2.51. The number of guanidine groups is 1. The van der Waals surface area contributed by atoms with E-state index in [1.54, 1.807) is 0 Å². The van der Waals surface area contributed by atoms with Gasteiger partial charge >= 0.3 is 0 Å². The number of amides is 1. The first-order valence-corrected chi connectivity index (χ1v) is 8.45. The van der Waals surface area contributed by atoms with Crippen LogP contribution in [0.1, 0.15) is 10.4 Å². The third-order valence-corrected chi connectivity index (χ3v) is 3.74. The van der Waals surface area contributed by atoms with Gasteiger partial charge in [0, 0.05) is 22.3 Å². The molecule has 0 aliphatic heterocycles. The molecule has 0 spiro atoms. The van der Waals surface area contributed by atoms with Crippen molar-refractivity contribution in [1.29, 1.82) is 0 Å². The van der Waals surface area contributed by atoms with Crippen LogP contribution in [0.3, 0.4) is 0 Å². The Morgan fingerprint density at radius 3 is 2.48 bits per heavy atom. The number of rotatable bonds is 3. The summed E-state index contributed by atoms with van der Waals surface area (Å²) in [4.78, 5) is 30.4. The van der Waals surface area contributed by atoms with Crippen molar-refractivity contribution in [3.8, 4) is 0 Å². The summed E-state index contributed by atoms with van der Waals surface area (Å²) in [7, 11) is 0. The number of carbonyl (C=O) groups is 1. The molecule has 0 atom stereocenters. The van der Waals surface area contributed by atoms with Crippen LogP contribution in [0, 0.1) is 17.5 Å². The molecule has 2 aromatic carbocycles. The van der Waals surface area contributed by atoms with E-state index in [4.69, 9.17) is 11.6 Å². The van der Waals surface area contributed by atoms with Crippen LogP contribution in [0.25, 0.3) is 0 Å². The number of aliphatic imine (C=N–C) groups is 1. The molecular weight excluding hydrogens is 409 g/mol. The number of nitrogens with zero attached hydrogens (tertiary/aromatic N) is 1. The number of hydrogen-bond acceptors (Lipinski definition) is 3. The molecule has 148 valence electrons. The lowest BCUT2D eigenvalue weighted by molar-refractivity contribution is 0.0976. The number of anilines is 1. The van der Waals surface area contributed by atoms with Gasteiger partial charge in [-0.3, -0.25) is 14.9 Å². The van der Waals surface area contributed by atoms with Gasteiger partial charge in [0.1, 0.15) is 11.6 Å². The smallest absolute Gasteiger partial charge is 0.258 e. The molecule has 1 amide bonds. The lowest BCUT2D eigenvalue weighted by Gasteiger charge is -2.12. The highest BCUT2D eigenvalue weighted by atomic mass is 35.5. The maximum Gasteiger partial charge on any atom is 0.258 e. The summed E-state index contributed by atoms with van der Waals surface area (Å²) in [6, 6.07) is 10.3. The van der Waals surface area contributed by atoms with Gasteiger partial charge in [-0.15, -0.1) is 0 Å². The predicted octanol–water partition coefficient (Wildman–Crippen LogP) is 3.98. The molecule has 3 N–H and O–H groups in total. The molecule has 0 unspecified atom stereocenters. The van der Waals surface area contributed by atoms with Gasteiger partial charge in [0.25, 0.3) is 5.91 Å². The zero-order valence-corrected chi connectivity index (χ0v) is 15.2. The molecule has 0 radical (unpaired) electrons. The van der Waals surface area contributed by atoms with Gasteiger partial charge in [0.2, 0.25) is 11.5 Å². The van der Waals surface area contributed by atoms with Crippen LogP contribution in [0.15, 0.2) is 64.4 Å². The molecule has 1 aromatic heterocycles. The van der Waals surface area contributed by atoms with Gasteiger partial charge in [-0.2, -0.15) is 4.99 Å². The molecule has 0 saturated heterocycles. The van der Waals surface area contributed by atoms with Crippen molar-refractivity contribution < 1.29 is 18.0 Å². The monoisotopic (exact) mass is 420 g/mol. The standard InChI is InChI=1S/C19H12ClF3N4O2/c20-11-7-12(21)9-13(8-11)24-19(26-16-2-1-3-17(28)25-16)27-18(29)10-4-5-14(22)15(23)6-10/h1-9H,(H3,24,25,26,27,28,29). The molecule has 0 bridgehead atoms. The Bertz CT molecular complexity index is 1140. The molecule has 0 aliphatic rings. The van der Waals surface area contributed by atoms with Crippen molar-refractivity contribution >= 4 is 35.0 Å². The summed E-state index contributed by atoms with van der Waals surface area (Å²) in [6.07, 6.45) is 0. The van der Waals surface area contributed by atoms with Gasteiger partial charge in [0.15, 0.2) is 11.6 Å². The highest BCUT2D eigenvalue weighted by Crippen LogP contribution is 2.18. The molecule has 0 aliphatic carbocycles. The molecule has 1 heterocycles. The Labute approximate surface area is 167 Å². The first kappa shape index (κ1) is 20.2. The van der Waals surface area contributed by atoms with Gasteiger partial charge in [-0.25, -0.2) is 13.2 Å². The number of aromatic amines is 1. The second-order valence-electron chi connectivity index (χ2n) is 5.73. The number of pyridine rings is 1. The number of aromatic nitrogens is 1. The first-order chi connectivity index (χ1) is 13.8. The van der Waals surface area contributed by atoms with Gasteiger partial charge < -0.3 is 10.3 Å². The Balaban J connectivity index is 1.94. The zero-order chi connectivity index (χ0) is 21.0. The summed E-state index contributed by atoms with van der Waals surface area (Å²) >= 11 is 5.82. The summed E-state index contributed by atoms with van der Waals surface area (Å²) in [5, 5.41) is 5.11. The molecular formula is C19H12ClF3N4O2. The minimum atomic E-state index is -1.20. The van der Waals surface area contributed by atoms with Crippen molar-refractivity contribution in [1.82, 2.24) is 10.3 Å². The third kappa shape index (κ3) is 5.45. The van der Waals surface area contributed by atoms with Crippen LogP contribution in [-0.2, 0) is 0 Å². The van der Waals surface area contributed by atoms with Crippen molar-refractivity contribution in [3.63, 3.8) is 0 Å². The minimum Gasteiger partial charge on any atom is -0.325 e. The number of carbonyl (C=O) groups excluding carboxylic acids is 1. The van der Waals surface area contributed by atoms with Crippen LogP contribution in [-0.4, -0.2) is 16.9 Å². The predicted molar refractivity (Wildman–Crippen MR) is 103 cm³/mol. The quantitative estimate of drug-likeness (QED) is 0.442. The molecule has 3 aromatic rings. The van der Waals surface area contributed by atoms with Crippen LogP contribution in [0.5, 0.6) is 0 Å². The Kier molecular flexibility index (Phi) is 5.99. The minimum absolute atomic E-state index is 0.0769. The lowest BCUT2D eigenvalue weighted by Crippen LogP contribution is -2.36. The first-order valence-electron chi connectivity index (χ1n) is 8.08. The highest BCUT2D eigenvalue weighted by molar-refractivity contribution is 6.31. The fourth-order valence-electron chi connectivity index (χ4n) is 2.29. The number of hydrogen-bond donors (Lipinski definition) is 3. The van der Waals surface area contributed by atoms with E-state index in [2.05, 4.69) is 20.6 Å². The van der Waals surface area contributed by atoms with Crippen molar-refractivity contribution in [3.05, 3.63) is 93.0 Å².